The highest BCUT2D eigenvalue weighted by Crippen LogP contribution is 2.30. The number of ether oxygens (including phenoxy) is 6. The Labute approximate surface area is 183 Å². The Hall–Kier alpha value is -0.560. The first-order chi connectivity index (χ1) is 15.1. The van der Waals surface area contributed by atoms with Crippen LogP contribution in [0.2, 0.25) is 0 Å². The van der Waals surface area contributed by atoms with Crippen molar-refractivity contribution in [2.24, 2.45) is 0 Å². The van der Waals surface area contributed by atoms with Gasteiger partial charge in [0.15, 0.2) is 18.9 Å². The van der Waals surface area contributed by atoms with Gasteiger partial charge in [-0.1, -0.05) is 0 Å². The molecule has 14 heteroatoms. The van der Waals surface area contributed by atoms with Gasteiger partial charge in [0.05, 0.1) is 19.3 Å². The predicted molar refractivity (Wildman–Crippen MR) is 98.6 cm³/mol. The number of hydrogen-bond acceptors (Lipinski definition) is 14. The van der Waals surface area contributed by atoms with E-state index in [1.165, 1.54) is 14.0 Å². The zero-order valence-electron chi connectivity index (χ0n) is 17.5. The summed E-state index contributed by atoms with van der Waals surface area (Å²) in [5.41, 5.74) is 0. The molecule has 14 atom stereocenters. The molecule has 0 radical (unpaired) electrons. The summed E-state index contributed by atoms with van der Waals surface area (Å²) in [4.78, 5) is 0. The predicted octanol–water partition coefficient (Wildman–Crippen LogP) is -5.25. The Kier molecular flexibility index (Phi) is 8.79. The third-order valence-electron chi connectivity index (χ3n) is 5.90. The molecule has 8 N–H and O–H groups in total. The summed E-state index contributed by atoms with van der Waals surface area (Å²) in [6.07, 6.45) is -19.5. The Morgan fingerprint density at radius 3 is 2.00 bits per heavy atom. The normalized spacial score (nSPS) is 52.7. The highest BCUT2D eigenvalue weighted by molar-refractivity contribution is 4.94. The molecule has 0 aromatic heterocycles. The van der Waals surface area contributed by atoms with Crippen molar-refractivity contribution in [2.45, 2.75) is 92.9 Å². The lowest BCUT2D eigenvalue weighted by Gasteiger charge is -2.46. The maximum atomic E-state index is 10.7. The van der Waals surface area contributed by atoms with E-state index in [2.05, 4.69) is 0 Å². The molecule has 3 aliphatic heterocycles. The topological polar surface area (TPSA) is 217 Å². The van der Waals surface area contributed by atoms with E-state index in [0.29, 0.717) is 0 Å². The molecule has 3 heterocycles. The van der Waals surface area contributed by atoms with E-state index >= 15 is 0 Å². The molecule has 0 aromatic carbocycles. The number of methoxy groups -OCH3 is 1. The van der Waals surface area contributed by atoms with Crippen molar-refractivity contribution in [2.75, 3.05) is 20.3 Å². The number of aliphatic hydroxyl groups excluding tert-OH is 8. The van der Waals surface area contributed by atoms with Crippen molar-refractivity contribution >= 4 is 0 Å². The van der Waals surface area contributed by atoms with E-state index < -0.39 is 92.6 Å². The van der Waals surface area contributed by atoms with E-state index in [1.54, 1.807) is 0 Å². The summed E-state index contributed by atoms with van der Waals surface area (Å²) in [7, 11) is 1.24. The Balaban J connectivity index is 1.69. The van der Waals surface area contributed by atoms with Crippen molar-refractivity contribution in [3.8, 4) is 0 Å². The molecule has 3 aliphatic rings. The van der Waals surface area contributed by atoms with E-state index in [0.717, 1.165) is 0 Å². The highest BCUT2D eigenvalue weighted by atomic mass is 16.7. The minimum Gasteiger partial charge on any atom is -0.394 e. The van der Waals surface area contributed by atoms with Gasteiger partial charge in [-0.3, -0.25) is 0 Å². The summed E-state index contributed by atoms with van der Waals surface area (Å²) < 4.78 is 31.9. The van der Waals surface area contributed by atoms with Gasteiger partial charge in [-0.05, 0) is 6.92 Å². The zero-order chi connectivity index (χ0) is 23.7. The molecule has 188 valence electrons. The third-order valence-corrected chi connectivity index (χ3v) is 5.90. The van der Waals surface area contributed by atoms with E-state index in [9.17, 15) is 40.9 Å². The molecule has 0 aromatic rings. The molecule has 0 bridgehead atoms. The maximum absolute atomic E-state index is 10.7. The first-order valence-electron chi connectivity index (χ1n) is 10.2. The first kappa shape index (κ1) is 26.1. The van der Waals surface area contributed by atoms with Crippen LogP contribution >= 0.6 is 0 Å². The molecule has 0 spiro atoms. The van der Waals surface area contributed by atoms with E-state index in [1.807, 2.05) is 0 Å². The molecule has 3 saturated heterocycles. The molecule has 3 fully saturated rings. The van der Waals surface area contributed by atoms with Crippen LogP contribution in [-0.2, 0) is 28.4 Å². The maximum Gasteiger partial charge on any atom is 0.187 e. The second-order valence-corrected chi connectivity index (χ2v) is 8.08. The second-order valence-electron chi connectivity index (χ2n) is 8.08. The highest BCUT2D eigenvalue weighted by Gasteiger charge is 2.51. The SMILES string of the molecule is CO[C@@H]1[C@@H](O)[C@H](O[C@@H]2[C@@H](O)[C@H](O[C@H]3[C@H](O)[C@@H](O)C(O)O[C@@H]3C)OC[C@H]2O)O[C@H](CO)[C@H]1O. The van der Waals surface area contributed by atoms with Crippen LogP contribution in [0.25, 0.3) is 0 Å². The standard InChI is InChI=1S/C18H32O14/c1-5-13(9(22)10(23)16(26)29-5)31-17-11(24)14(6(20)4-28-17)32-18-12(25)15(27-2)8(21)7(3-19)30-18/h5-26H,3-4H2,1-2H3/t5-,6-,7-,8-,9-,10-,11-,12-,13-,14+,15+,16?,17+,18+/m1/s1. The smallest absolute Gasteiger partial charge is 0.187 e. The molecule has 1 unspecified atom stereocenters. The summed E-state index contributed by atoms with van der Waals surface area (Å²) in [6.45, 7) is 0.501. The van der Waals surface area contributed by atoms with Crippen molar-refractivity contribution < 1.29 is 69.3 Å². The molecule has 0 aliphatic carbocycles. The largest absolute Gasteiger partial charge is 0.394 e. The summed E-state index contributed by atoms with van der Waals surface area (Å²) >= 11 is 0. The van der Waals surface area contributed by atoms with Crippen molar-refractivity contribution in [1.29, 1.82) is 0 Å². The average Bonchev–Trinajstić information content (AvgIpc) is 2.75. The van der Waals surface area contributed by atoms with Crippen LogP contribution in [0.15, 0.2) is 0 Å². The fourth-order valence-corrected chi connectivity index (χ4v) is 4.02. The molecular weight excluding hydrogens is 440 g/mol. The van der Waals surface area contributed by atoms with Crippen LogP contribution in [0.4, 0.5) is 0 Å². The number of rotatable bonds is 6. The number of hydrogen-bond donors (Lipinski definition) is 8. The molecule has 0 amide bonds. The van der Waals surface area contributed by atoms with E-state index in [4.69, 9.17) is 28.4 Å². The monoisotopic (exact) mass is 472 g/mol. The third kappa shape index (κ3) is 5.08. The van der Waals surface area contributed by atoms with Crippen molar-refractivity contribution in [3.63, 3.8) is 0 Å². The van der Waals surface area contributed by atoms with Gasteiger partial charge in [0.2, 0.25) is 0 Å². The van der Waals surface area contributed by atoms with Crippen LogP contribution in [0.5, 0.6) is 0 Å². The molecule has 0 saturated carbocycles. The van der Waals surface area contributed by atoms with Crippen LogP contribution in [0, 0.1) is 0 Å². The summed E-state index contributed by atoms with van der Waals surface area (Å²) in [5, 5.41) is 80.5. The molecular formula is C18H32O14. The quantitative estimate of drug-likeness (QED) is 0.181. The van der Waals surface area contributed by atoms with Gasteiger partial charge < -0.3 is 69.3 Å². The molecule has 3 rings (SSSR count). The van der Waals surface area contributed by atoms with Gasteiger partial charge in [0.1, 0.15) is 61.0 Å². The Bertz CT molecular complexity index is 596. The number of aliphatic hydroxyl groups is 8. The van der Waals surface area contributed by atoms with Gasteiger partial charge in [-0.2, -0.15) is 0 Å². The van der Waals surface area contributed by atoms with Gasteiger partial charge >= 0.3 is 0 Å². The second kappa shape index (κ2) is 10.8. The van der Waals surface area contributed by atoms with Crippen molar-refractivity contribution in [3.05, 3.63) is 0 Å². The zero-order valence-corrected chi connectivity index (χ0v) is 17.5. The summed E-state index contributed by atoms with van der Waals surface area (Å²) in [6, 6.07) is 0. The molecule has 32 heavy (non-hydrogen) atoms. The minimum absolute atomic E-state index is 0.363. The van der Waals surface area contributed by atoms with Gasteiger partial charge in [-0.25, -0.2) is 0 Å². The van der Waals surface area contributed by atoms with Crippen LogP contribution in [-0.4, -0.2) is 147 Å². The van der Waals surface area contributed by atoms with Crippen LogP contribution < -0.4 is 0 Å². The Morgan fingerprint density at radius 1 is 0.750 bits per heavy atom. The minimum atomic E-state index is -1.66. The van der Waals surface area contributed by atoms with Gasteiger partial charge in [0, 0.05) is 7.11 Å². The van der Waals surface area contributed by atoms with Crippen LogP contribution in [0.3, 0.4) is 0 Å². The van der Waals surface area contributed by atoms with Gasteiger partial charge in [0.25, 0.3) is 0 Å². The van der Waals surface area contributed by atoms with Gasteiger partial charge in [-0.15, -0.1) is 0 Å². The lowest BCUT2D eigenvalue weighted by molar-refractivity contribution is -0.366. The average molecular weight is 472 g/mol. The van der Waals surface area contributed by atoms with E-state index in [-0.39, 0.29) is 6.61 Å². The van der Waals surface area contributed by atoms with Crippen LogP contribution in [0.1, 0.15) is 6.92 Å². The summed E-state index contributed by atoms with van der Waals surface area (Å²) in [5.74, 6) is 0. The lowest BCUT2D eigenvalue weighted by atomic mass is 9.98. The molecule has 14 nitrogen and oxygen atoms in total. The fourth-order valence-electron chi connectivity index (χ4n) is 4.02. The Morgan fingerprint density at radius 2 is 1.38 bits per heavy atom. The van der Waals surface area contributed by atoms with Crippen molar-refractivity contribution in [1.82, 2.24) is 0 Å². The first-order valence-corrected chi connectivity index (χ1v) is 10.2. The lowest BCUT2D eigenvalue weighted by Crippen LogP contribution is -2.64. The fraction of sp³-hybridized carbons (Fsp3) is 1.00.